The van der Waals surface area contributed by atoms with Crippen LogP contribution in [0.2, 0.25) is 0 Å². The molecule has 0 amide bonds. The number of hydrogen-bond acceptors (Lipinski definition) is 2. The molecular formula is C15H20FNO. The van der Waals surface area contributed by atoms with Crippen molar-refractivity contribution < 1.29 is 9.18 Å². The summed E-state index contributed by atoms with van der Waals surface area (Å²) in [6.45, 7) is 5.48. The van der Waals surface area contributed by atoms with Gasteiger partial charge < -0.3 is 4.90 Å². The summed E-state index contributed by atoms with van der Waals surface area (Å²) in [6, 6.07) is 4.81. The minimum Gasteiger partial charge on any atom is -0.369 e. The Hall–Kier alpha value is -1.38. The van der Waals surface area contributed by atoms with Crippen LogP contribution in [0.5, 0.6) is 0 Å². The Labute approximate surface area is 108 Å². The van der Waals surface area contributed by atoms with Gasteiger partial charge in [-0.1, -0.05) is 13.3 Å². The molecule has 1 unspecified atom stereocenters. The molecule has 0 aromatic heterocycles. The van der Waals surface area contributed by atoms with E-state index in [0.717, 1.165) is 25.9 Å². The Morgan fingerprint density at radius 1 is 1.50 bits per heavy atom. The van der Waals surface area contributed by atoms with E-state index in [-0.39, 0.29) is 11.6 Å². The first-order valence-corrected chi connectivity index (χ1v) is 6.67. The second kappa shape index (κ2) is 5.51. The van der Waals surface area contributed by atoms with E-state index in [1.807, 2.05) is 0 Å². The first-order valence-electron chi connectivity index (χ1n) is 6.67. The predicted molar refractivity (Wildman–Crippen MR) is 71.6 cm³/mol. The molecule has 1 aliphatic rings. The second-order valence-electron chi connectivity index (χ2n) is 5.08. The highest BCUT2D eigenvalue weighted by atomic mass is 19.1. The Morgan fingerprint density at radius 2 is 2.28 bits per heavy atom. The Kier molecular flexibility index (Phi) is 4.00. The molecule has 1 aromatic rings. The third-order valence-corrected chi connectivity index (χ3v) is 3.79. The summed E-state index contributed by atoms with van der Waals surface area (Å²) >= 11 is 0. The standard InChI is InChI=1S/C15H20FNO/c1-3-12-5-4-8-17(10-12)15-7-6-13(11(2)18)9-14(15)16/h6-7,9,12H,3-5,8,10H2,1-2H3. The summed E-state index contributed by atoms with van der Waals surface area (Å²) in [5.74, 6) is 0.288. The van der Waals surface area contributed by atoms with Crippen molar-refractivity contribution in [1.29, 1.82) is 0 Å². The Bertz CT molecular complexity index is 444. The minimum atomic E-state index is -0.278. The number of hydrogen-bond donors (Lipinski definition) is 0. The molecule has 2 rings (SSSR count). The maximum Gasteiger partial charge on any atom is 0.159 e. The number of carbonyl (C=O) groups excluding carboxylic acids is 1. The molecule has 0 radical (unpaired) electrons. The molecule has 2 nitrogen and oxygen atoms in total. The smallest absolute Gasteiger partial charge is 0.159 e. The van der Waals surface area contributed by atoms with Crippen molar-refractivity contribution in [2.24, 2.45) is 5.92 Å². The Morgan fingerprint density at radius 3 is 2.89 bits per heavy atom. The molecule has 1 heterocycles. The first-order chi connectivity index (χ1) is 8.61. The molecule has 98 valence electrons. The lowest BCUT2D eigenvalue weighted by Crippen LogP contribution is -2.35. The van der Waals surface area contributed by atoms with Crippen LogP contribution in [0.15, 0.2) is 18.2 Å². The van der Waals surface area contributed by atoms with Crippen molar-refractivity contribution >= 4 is 11.5 Å². The lowest BCUT2D eigenvalue weighted by molar-refractivity contribution is 0.101. The van der Waals surface area contributed by atoms with Gasteiger partial charge in [0.05, 0.1) is 5.69 Å². The molecule has 3 heteroatoms. The molecule has 18 heavy (non-hydrogen) atoms. The molecule has 0 bridgehead atoms. The van der Waals surface area contributed by atoms with Crippen molar-refractivity contribution in [3.8, 4) is 0 Å². The molecule has 0 spiro atoms. The van der Waals surface area contributed by atoms with E-state index in [2.05, 4.69) is 11.8 Å². The molecular weight excluding hydrogens is 229 g/mol. The van der Waals surface area contributed by atoms with E-state index in [0.29, 0.717) is 17.2 Å². The van der Waals surface area contributed by atoms with Gasteiger partial charge in [-0.25, -0.2) is 4.39 Å². The number of rotatable bonds is 3. The summed E-state index contributed by atoms with van der Waals surface area (Å²) < 4.78 is 14.0. The lowest BCUT2D eigenvalue weighted by atomic mass is 9.95. The molecule has 1 aliphatic heterocycles. The van der Waals surface area contributed by atoms with Crippen LogP contribution < -0.4 is 4.90 Å². The number of anilines is 1. The molecule has 0 aliphatic carbocycles. The van der Waals surface area contributed by atoms with E-state index >= 15 is 0 Å². The van der Waals surface area contributed by atoms with Crippen LogP contribution in [0.3, 0.4) is 0 Å². The second-order valence-corrected chi connectivity index (χ2v) is 5.08. The summed E-state index contributed by atoms with van der Waals surface area (Å²) in [4.78, 5) is 13.3. The van der Waals surface area contributed by atoms with Crippen LogP contribution in [0.1, 0.15) is 43.5 Å². The largest absolute Gasteiger partial charge is 0.369 e. The SMILES string of the molecule is CCC1CCCN(c2ccc(C(C)=O)cc2F)C1. The fraction of sp³-hybridized carbons (Fsp3) is 0.533. The van der Waals surface area contributed by atoms with Gasteiger partial charge in [0.25, 0.3) is 0 Å². The van der Waals surface area contributed by atoms with E-state index in [9.17, 15) is 9.18 Å². The number of carbonyl (C=O) groups is 1. The summed E-state index contributed by atoms with van der Waals surface area (Å²) in [5, 5.41) is 0. The van der Waals surface area contributed by atoms with E-state index in [1.54, 1.807) is 12.1 Å². The third kappa shape index (κ3) is 2.71. The highest BCUT2D eigenvalue weighted by Gasteiger charge is 2.21. The van der Waals surface area contributed by atoms with Gasteiger partial charge in [0.2, 0.25) is 0 Å². The van der Waals surface area contributed by atoms with Crippen LogP contribution in [0.4, 0.5) is 10.1 Å². The molecule has 0 saturated carbocycles. The molecule has 1 saturated heterocycles. The van der Waals surface area contributed by atoms with E-state index < -0.39 is 0 Å². The number of piperidine rings is 1. The van der Waals surface area contributed by atoms with Gasteiger partial charge in [0.1, 0.15) is 5.82 Å². The monoisotopic (exact) mass is 249 g/mol. The first kappa shape index (κ1) is 13.1. The van der Waals surface area contributed by atoms with Crippen molar-refractivity contribution in [2.45, 2.75) is 33.1 Å². The maximum atomic E-state index is 14.0. The number of ketones is 1. The van der Waals surface area contributed by atoms with E-state index in [4.69, 9.17) is 0 Å². The van der Waals surface area contributed by atoms with Gasteiger partial charge in [-0.05, 0) is 43.9 Å². The topological polar surface area (TPSA) is 20.3 Å². The van der Waals surface area contributed by atoms with Gasteiger partial charge in [-0.2, -0.15) is 0 Å². The zero-order valence-electron chi connectivity index (χ0n) is 11.1. The molecule has 0 N–H and O–H groups in total. The van der Waals surface area contributed by atoms with Crippen molar-refractivity contribution in [1.82, 2.24) is 0 Å². The summed E-state index contributed by atoms with van der Waals surface area (Å²) in [6.07, 6.45) is 3.50. The van der Waals surface area contributed by atoms with Crippen LogP contribution in [-0.4, -0.2) is 18.9 Å². The molecule has 1 atom stereocenters. The number of halogens is 1. The fourth-order valence-electron chi connectivity index (χ4n) is 2.60. The van der Waals surface area contributed by atoms with Crippen LogP contribution in [0, 0.1) is 11.7 Å². The van der Waals surface area contributed by atoms with Crippen molar-refractivity contribution in [3.63, 3.8) is 0 Å². The average molecular weight is 249 g/mol. The number of nitrogens with zero attached hydrogens (tertiary/aromatic N) is 1. The van der Waals surface area contributed by atoms with E-state index in [1.165, 1.54) is 19.4 Å². The summed E-state index contributed by atoms with van der Waals surface area (Å²) in [5.41, 5.74) is 1.08. The zero-order valence-corrected chi connectivity index (χ0v) is 11.1. The quantitative estimate of drug-likeness (QED) is 0.762. The normalized spacial score (nSPS) is 19.9. The average Bonchev–Trinajstić information content (AvgIpc) is 2.38. The molecule has 1 aromatic carbocycles. The van der Waals surface area contributed by atoms with Gasteiger partial charge >= 0.3 is 0 Å². The highest BCUT2D eigenvalue weighted by molar-refractivity contribution is 5.94. The van der Waals surface area contributed by atoms with Gasteiger partial charge in [0, 0.05) is 18.7 Å². The van der Waals surface area contributed by atoms with Crippen molar-refractivity contribution in [2.75, 3.05) is 18.0 Å². The Balaban J connectivity index is 2.20. The highest BCUT2D eigenvalue weighted by Crippen LogP contribution is 2.27. The number of benzene rings is 1. The minimum absolute atomic E-state index is 0.0921. The maximum absolute atomic E-state index is 14.0. The lowest BCUT2D eigenvalue weighted by Gasteiger charge is -2.34. The molecule has 1 fully saturated rings. The van der Waals surface area contributed by atoms with Crippen LogP contribution >= 0.6 is 0 Å². The number of Topliss-reactive ketones (excluding diaryl/α,β-unsaturated/α-hetero) is 1. The summed E-state index contributed by atoms with van der Waals surface area (Å²) in [7, 11) is 0. The van der Waals surface area contributed by atoms with Crippen LogP contribution in [-0.2, 0) is 0 Å². The van der Waals surface area contributed by atoms with Gasteiger partial charge in [0.15, 0.2) is 5.78 Å². The predicted octanol–water partition coefficient (Wildman–Crippen LogP) is 3.65. The third-order valence-electron chi connectivity index (χ3n) is 3.79. The zero-order chi connectivity index (χ0) is 13.1. The fourth-order valence-corrected chi connectivity index (χ4v) is 2.60. The van der Waals surface area contributed by atoms with Gasteiger partial charge in [-0.3, -0.25) is 4.79 Å². The van der Waals surface area contributed by atoms with Crippen LogP contribution in [0.25, 0.3) is 0 Å². The van der Waals surface area contributed by atoms with Crippen molar-refractivity contribution in [3.05, 3.63) is 29.6 Å². The van der Waals surface area contributed by atoms with Gasteiger partial charge in [-0.15, -0.1) is 0 Å².